The van der Waals surface area contributed by atoms with Crippen molar-refractivity contribution in [1.82, 2.24) is 26.2 Å². The zero-order valence-electron chi connectivity index (χ0n) is 23.8. The molecule has 0 aromatic heterocycles. The van der Waals surface area contributed by atoms with E-state index in [9.17, 15) is 13.6 Å². The molecular weight excluding hydrogens is 500 g/mol. The monoisotopic (exact) mass is 545 g/mol. The highest BCUT2D eigenvalue weighted by Gasteiger charge is 2.36. The molecule has 1 fully saturated rings. The first-order valence-electron chi connectivity index (χ1n) is 14.2. The summed E-state index contributed by atoms with van der Waals surface area (Å²) in [6.45, 7) is 7.71. The number of amides is 1. The molecule has 3 heterocycles. The maximum atomic E-state index is 14.5. The van der Waals surface area contributed by atoms with Gasteiger partial charge in [-0.25, -0.2) is 8.78 Å². The lowest BCUT2D eigenvalue weighted by Gasteiger charge is -2.44. The van der Waals surface area contributed by atoms with Crippen LogP contribution in [-0.2, 0) is 16.6 Å². The highest BCUT2D eigenvalue weighted by atomic mass is 19.3. The van der Waals surface area contributed by atoms with Gasteiger partial charge in [0, 0.05) is 79.7 Å². The molecule has 2 unspecified atom stereocenters. The third kappa shape index (κ3) is 6.28. The Morgan fingerprint density at radius 3 is 2.59 bits per heavy atom. The van der Waals surface area contributed by atoms with Crippen molar-refractivity contribution in [3.05, 3.63) is 40.1 Å². The summed E-state index contributed by atoms with van der Waals surface area (Å²) in [5.74, 6) is 0.0439. The lowest BCUT2D eigenvalue weighted by molar-refractivity contribution is -0.128. The fourth-order valence-corrected chi connectivity index (χ4v) is 6.42. The number of hydrogen-bond acceptors (Lipinski definition) is 7. The molecule has 0 bridgehead atoms. The van der Waals surface area contributed by atoms with E-state index >= 15 is 0 Å². The van der Waals surface area contributed by atoms with Gasteiger partial charge in [0.15, 0.2) is 0 Å². The molecule has 0 spiro atoms. The fraction of sp³-hybridized carbons (Fsp3) is 0.655. The zero-order chi connectivity index (χ0) is 28.2. The van der Waals surface area contributed by atoms with Crippen LogP contribution in [0.1, 0.15) is 62.6 Å². The van der Waals surface area contributed by atoms with Crippen LogP contribution in [0.25, 0.3) is 0 Å². The minimum absolute atomic E-state index is 0.0206. The molecule has 2 atom stereocenters. The molecule has 4 rings (SSSR count). The number of aryl methyl sites for hydroxylation is 1. The fourth-order valence-electron chi connectivity index (χ4n) is 6.42. The minimum atomic E-state index is -2.66. The van der Waals surface area contributed by atoms with Crippen LogP contribution in [0.5, 0.6) is 0 Å². The van der Waals surface area contributed by atoms with Crippen LogP contribution < -0.4 is 26.2 Å². The maximum Gasteiger partial charge on any atom is 0.264 e. The van der Waals surface area contributed by atoms with E-state index in [1.807, 2.05) is 24.9 Å². The molecule has 1 saturated heterocycles. The Bertz CT molecular complexity index is 1070. The molecular formula is C29H45F2N7O. The van der Waals surface area contributed by atoms with Crippen molar-refractivity contribution < 1.29 is 13.6 Å². The van der Waals surface area contributed by atoms with Gasteiger partial charge >= 0.3 is 0 Å². The van der Waals surface area contributed by atoms with Crippen LogP contribution in [0.15, 0.2) is 23.4 Å². The summed E-state index contributed by atoms with van der Waals surface area (Å²) >= 11 is 0. The third-order valence-corrected chi connectivity index (χ3v) is 8.58. The summed E-state index contributed by atoms with van der Waals surface area (Å²) in [5.41, 5.74) is 3.77. The first kappa shape index (κ1) is 29.4. The number of piperidine rings is 1. The molecule has 5 N–H and O–H groups in total. The lowest BCUT2D eigenvalue weighted by atomic mass is 9.78. The Hall–Kier alpha value is -2.56. The topological polar surface area (TPSA) is 95.5 Å². The number of anilines is 1. The Kier molecular flexibility index (Phi) is 9.61. The standard InChI is InChI=1S/C29H45F2N7O/c1-19(39)37-13-9-25(36-21-7-10-35-11-8-21)23(16-37)28(34-4)38-12-5-6-20-14-24(29(2,17-32)18-33-3)22(27(30)31)15-26(20)38/h14-15,17,21,27-28,32-36H,5-13,16,18H2,1-4H3. The van der Waals surface area contributed by atoms with Gasteiger partial charge in [0.05, 0.1) is 0 Å². The van der Waals surface area contributed by atoms with E-state index in [-0.39, 0.29) is 17.6 Å². The minimum Gasteiger partial charge on any atom is -0.385 e. The molecule has 1 aromatic rings. The number of alkyl halides is 2. The summed E-state index contributed by atoms with van der Waals surface area (Å²) in [4.78, 5) is 16.5. The highest BCUT2D eigenvalue weighted by Crippen LogP contribution is 2.40. The van der Waals surface area contributed by atoms with Crippen molar-refractivity contribution in [1.29, 1.82) is 5.41 Å². The number of likely N-dealkylation sites (N-methyl/N-ethyl adjacent to an activating group) is 2. The molecule has 10 heteroatoms. The number of nitrogens with zero attached hydrogens (tertiary/aromatic N) is 2. The Morgan fingerprint density at radius 2 is 1.97 bits per heavy atom. The molecule has 1 aromatic carbocycles. The summed E-state index contributed by atoms with van der Waals surface area (Å²) in [6, 6.07) is 3.94. The van der Waals surface area contributed by atoms with Gasteiger partial charge in [0.2, 0.25) is 5.91 Å². The molecule has 3 aliphatic heterocycles. The second-order valence-electron chi connectivity index (χ2n) is 11.3. The molecule has 216 valence electrons. The molecule has 0 aliphatic carbocycles. The summed E-state index contributed by atoms with van der Waals surface area (Å²) in [6.07, 6.45) is 2.91. The van der Waals surface area contributed by atoms with Gasteiger partial charge in [0.25, 0.3) is 6.43 Å². The van der Waals surface area contributed by atoms with Gasteiger partial charge in [0.1, 0.15) is 6.17 Å². The predicted molar refractivity (Wildman–Crippen MR) is 153 cm³/mol. The van der Waals surface area contributed by atoms with Crippen LogP contribution in [0.2, 0.25) is 0 Å². The van der Waals surface area contributed by atoms with Crippen LogP contribution in [0.3, 0.4) is 0 Å². The van der Waals surface area contributed by atoms with Crippen molar-refractivity contribution >= 4 is 17.8 Å². The van der Waals surface area contributed by atoms with Gasteiger partial charge in [-0.3, -0.25) is 10.1 Å². The summed E-state index contributed by atoms with van der Waals surface area (Å²) in [5, 5.41) is 21.8. The van der Waals surface area contributed by atoms with Crippen molar-refractivity contribution in [3.63, 3.8) is 0 Å². The quantitative estimate of drug-likeness (QED) is 0.290. The van der Waals surface area contributed by atoms with Crippen LogP contribution in [-0.4, -0.2) is 82.6 Å². The zero-order valence-corrected chi connectivity index (χ0v) is 23.8. The van der Waals surface area contributed by atoms with Crippen LogP contribution >= 0.6 is 0 Å². The number of nitrogens with one attached hydrogen (secondary N) is 5. The van der Waals surface area contributed by atoms with E-state index in [0.29, 0.717) is 31.2 Å². The van der Waals surface area contributed by atoms with Crippen molar-refractivity contribution in [2.75, 3.05) is 58.3 Å². The SMILES string of the molecule is CNCC(C)(C=N)c1cc2c(cc1C(F)F)N(C(NC)C1=C(NC3CCNCC3)CCN(C(C)=O)C1)CCC2. The van der Waals surface area contributed by atoms with E-state index < -0.39 is 11.8 Å². The number of carbonyl (C=O) groups excluding carboxylic acids is 1. The first-order chi connectivity index (χ1) is 18.7. The molecule has 1 amide bonds. The van der Waals surface area contributed by atoms with Gasteiger partial charge in [-0.15, -0.1) is 0 Å². The molecule has 0 saturated carbocycles. The van der Waals surface area contributed by atoms with Gasteiger partial charge in [-0.1, -0.05) is 6.07 Å². The smallest absolute Gasteiger partial charge is 0.264 e. The number of fused-ring (bicyclic) bond motifs is 1. The normalized spacial score (nSPS) is 21.0. The molecule has 3 aliphatic rings. The molecule has 8 nitrogen and oxygen atoms in total. The number of carbonyl (C=O) groups is 1. The van der Waals surface area contributed by atoms with Crippen LogP contribution in [0.4, 0.5) is 14.5 Å². The van der Waals surface area contributed by atoms with E-state index in [1.165, 1.54) is 11.9 Å². The number of benzene rings is 1. The molecule has 39 heavy (non-hydrogen) atoms. The number of halogens is 2. The summed E-state index contributed by atoms with van der Waals surface area (Å²) in [7, 11) is 3.68. The van der Waals surface area contributed by atoms with E-state index in [1.54, 1.807) is 20.0 Å². The first-order valence-corrected chi connectivity index (χ1v) is 14.2. The van der Waals surface area contributed by atoms with E-state index in [0.717, 1.165) is 68.6 Å². The van der Waals surface area contributed by atoms with E-state index in [4.69, 9.17) is 5.41 Å². The van der Waals surface area contributed by atoms with Gasteiger partial charge in [-0.2, -0.15) is 0 Å². The Balaban J connectivity index is 1.77. The highest BCUT2D eigenvalue weighted by molar-refractivity contribution is 5.75. The maximum absolute atomic E-state index is 14.5. The average Bonchev–Trinajstić information content (AvgIpc) is 2.94. The van der Waals surface area contributed by atoms with Crippen molar-refractivity contribution in [2.24, 2.45) is 0 Å². The predicted octanol–water partition coefficient (Wildman–Crippen LogP) is 2.90. The number of hydrogen-bond donors (Lipinski definition) is 5. The molecule has 0 radical (unpaired) electrons. The Morgan fingerprint density at radius 1 is 1.23 bits per heavy atom. The Labute approximate surface area is 231 Å². The van der Waals surface area contributed by atoms with E-state index in [2.05, 4.69) is 26.2 Å². The van der Waals surface area contributed by atoms with Crippen LogP contribution in [0, 0.1) is 5.41 Å². The average molecular weight is 546 g/mol. The largest absolute Gasteiger partial charge is 0.385 e. The number of rotatable bonds is 10. The second-order valence-corrected chi connectivity index (χ2v) is 11.3. The van der Waals surface area contributed by atoms with Gasteiger partial charge < -0.3 is 31.2 Å². The summed E-state index contributed by atoms with van der Waals surface area (Å²) < 4.78 is 29.1. The lowest BCUT2D eigenvalue weighted by Crippen LogP contribution is -2.53. The third-order valence-electron chi connectivity index (χ3n) is 8.58. The van der Waals surface area contributed by atoms with Gasteiger partial charge in [-0.05, 0) is 77.0 Å². The van der Waals surface area contributed by atoms with Crippen molar-refractivity contribution in [2.45, 2.75) is 70.0 Å². The van der Waals surface area contributed by atoms with Crippen molar-refractivity contribution in [3.8, 4) is 0 Å². The second kappa shape index (κ2) is 12.7.